The fourth-order valence-corrected chi connectivity index (χ4v) is 1.97. The van der Waals surface area contributed by atoms with Gasteiger partial charge in [-0.1, -0.05) is 12.1 Å². The zero-order valence-corrected chi connectivity index (χ0v) is 11.9. The lowest BCUT2D eigenvalue weighted by molar-refractivity contribution is 0.323. The topological polar surface area (TPSA) is 44.2 Å². The maximum atomic E-state index is 13.8. The standard InChI is InChI=1S/C15H7F5N2O2/c1-23-15-21-7-5-3-2-4-6(7)14(22-15)24-13-11(19)9(17)8(16)10(18)12(13)20/h2-5H,1H3. The lowest BCUT2D eigenvalue weighted by atomic mass is 10.2. The molecule has 9 heteroatoms. The van der Waals surface area contributed by atoms with Crippen molar-refractivity contribution in [2.75, 3.05) is 7.11 Å². The van der Waals surface area contributed by atoms with Crippen molar-refractivity contribution in [1.82, 2.24) is 9.97 Å². The number of hydrogen-bond donors (Lipinski definition) is 0. The van der Waals surface area contributed by atoms with Gasteiger partial charge in [0.15, 0.2) is 0 Å². The number of benzene rings is 2. The summed E-state index contributed by atoms with van der Waals surface area (Å²) in [7, 11) is 1.24. The van der Waals surface area contributed by atoms with E-state index in [1.165, 1.54) is 19.2 Å². The average molecular weight is 342 g/mol. The summed E-state index contributed by atoms with van der Waals surface area (Å²) in [6, 6.07) is 5.97. The number of methoxy groups -OCH3 is 1. The van der Waals surface area contributed by atoms with Gasteiger partial charge in [-0.3, -0.25) is 0 Å². The molecule has 0 N–H and O–H groups in total. The van der Waals surface area contributed by atoms with Crippen molar-refractivity contribution in [3.05, 3.63) is 53.4 Å². The number of para-hydroxylation sites is 1. The van der Waals surface area contributed by atoms with E-state index in [0.717, 1.165) is 0 Å². The second-order valence-electron chi connectivity index (χ2n) is 4.53. The first kappa shape index (κ1) is 15.9. The number of hydrogen-bond acceptors (Lipinski definition) is 4. The van der Waals surface area contributed by atoms with Crippen molar-refractivity contribution in [1.29, 1.82) is 0 Å². The number of halogens is 5. The minimum atomic E-state index is -2.28. The summed E-state index contributed by atoms with van der Waals surface area (Å²) in [5.41, 5.74) is 0.295. The van der Waals surface area contributed by atoms with Crippen LogP contribution in [0.4, 0.5) is 22.0 Å². The van der Waals surface area contributed by atoms with E-state index < -0.39 is 40.7 Å². The first-order chi connectivity index (χ1) is 11.4. The smallest absolute Gasteiger partial charge is 0.320 e. The molecule has 2 aromatic carbocycles. The Balaban J connectivity index is 2.21. The summed E-state index contributed by atoms with van der Waals surface area (Å²) in [5, 5.41) is 0.197. The van der Waals surface area contributed by atoms with Crippen LogP contribution in [0.1, 0.15) is 0 Å². The summed E-state index contributed by atoms with van der Waals surface area (Å²) in [6.07, 6.45) is 0. The normalized spacial score (nSPS) is 10.9. The van der Waals surface area contributed by atoms with E-state index in [4.69, 9.17) is 9.47 Å². The molecule has 0 unspecified atom stereocenters. The van der Waals surface area contributed by atoms with E-state index in [9.17, 15) is 22.0 Å². The fraction of sp³-hybridized carbons (Fsp3) is 0.0667. The van der Waals surface area contributed by atoms with Crippen LogP contribution in [0.2, 0.25) is 0 Å². The van der Waals surface area contributed by atoms with Gasteiger partial charge in [0, 0.05) is 0 Å². The van der Waals surface area contributed by atoms with Crippen LogP contribution in [0.15, 0.2) is 24.3 Å². The summed E-state index contributed by atoms with van der Waals surface area (Å²) in [5.74, 6) is -12.6. The third-order valence-electron chi connectivity index (χ3n) is 3.10. The molecule has 24 heavy (non-hydrogen) atoms. The molecule has 1 aromatic heterocycles. The van der Waals surface area contributed by atoms with Crippen LogP contribution in [0.25, 0.3) is 10.9 Å². The lowest BCUT2D eigenvalue weighted by Gasteiger charge is -2.11. The molecule has 0 amide bonds. The Morgan fingerprint density at radius 3 is 2.00 bits per heavy atom. The van der Waals surface area contributed by atoms with Crippen molar-refractivity contribution >= 4 is 10.9 Å². The van der Waals surface area contributed by atoms with Crippen molar-refractivity contribution in [3.8, 4) is 17.6 Å². The molecule has 124 valence electrons. The molecule has 0 bridgehead atoms. The van der Waals surface area contributed by atoms with E-state index in [0.29, 0.717) is 5.52 Å². The van der Waals surface area contributed by atoms with Gasteiger partial charge in [0.25, 0.3) is 0 Å². The lowest BCUT2D eigenvalue weighted by Crippen LogP contribution is -2.05. The van der Waals surface area contributed by atoms with Gasteiger partial charge in [0.2, 0.25) is 40.7 Å². The SMILES string of the molecule is COc1nc(Oc2c(F)c(F)c(F)c(F)c2F)c2ccccc2n1. The zero-order valence-electron chi connectivity index (χ0n) is 11.9. The molecule has 0 saturated heterocycles. The second-order valence-corrected chi connectivity index (χ2v) is 4.53. The Kier molecular flexibility index (Phi) is 3.92. The highest BCUT2D eigenvalue weighted by molar-refractivity contribution is 5.83. The average Bonchev–Trinajstić information content (AvgIpc) is 2.61. The number of nitrogens with zero attached hydrogens (tertiary/aromatic N) is 2. The van der Waals surface area contributed by atoms with Gasteiger partial charge < -0.3 is 9.47 Å². The van der Waals surface area contributed by atoms with E-state index in [2.05, 4.69) is 9.97 Å². The molecule has 0 aliphatic rings. The van der Waals surface area contributed by atoms with Gasteiger partial charge >= 0.3 is 6.01 Å². The van der Waals surface area contributed by atoms with Crippen molar-refractivity contribution in [3.63, 3.8) is 0 Å². The highest BCUT2D eigenvalue weighted by Gasteiger charge is 2.28. The minimum absolute atomic E-state index is 0.197. The van der Waals surface area contributed by atoms with Crippen LogP contribution in [0.3, 0.4) is 0 Å². The highest BCUT2D eigenvalue weighted by Crippen LogP contribution is 2.35. The molecule has 0 aliphatic carbocycles. The van der Waals surface area contributed by atoms with E-state index >= 15 is 0 Å². The molecule has 3 aromatic rings. The van der Waals surface area contributed by atoms with E-state index in [1.54, 1.807) is 12.1 Å². The largest absolute Gasteiger partial charge is 0.467 e. The maximum Gasteiger partial charge on any atom is 0.320 e. The van der Waals surface area contributed by atoms with E-state index in [1.807, 2.05) is 0 Å². The van der Waals surface area contributed by atoms with Crippen LogP contribution in [-0.4, -0.2) is 17.1 Å². The Morgan fingerprint density at radius 2 is 1.38 bits per heavy atom. The Labute approximate surface area is 131 Å². The van der Waals surface area contributed by atoms with Crippen LogP contribution >= 0.6 is 0 Å². The van der Waals surface area contributed by atoms with Gasteiger partial charge in [-0.05, 0) is 12.1 Å². The molecule has 0 saturated carbocycles. The quantitative estimate of drug-likeness (QED) is 0.408. The molecule has 3 rings (SSSR count). The van der Waals surface area contributed by atoms with Gasteiger partial charge in [0.05, 0.1) is 18.0 Å². The molecule has 4 nitrogen and oxygen atoms in total. The molecular formula is C15H7F5N2O2. The summed E-state index contributed by atoms with van der Waals surface area (Å²) in [6.45, 7) is 0. The van der Waals surface area contributed by atoms with Crippen LogP contribution in [-0.2, 0) is 0 Å². The summed E-state index contributed by atoms with van der Waals surface area (Å²) >= 11 is 0. The number of aromatic nitrogens is 2. The summed E-state index contributed by atoms with van der Waals surface area (Å²) in [4.78, 5) is 7.73. The highest BCUT2D eigenvalue weighted by atomic mass is 19.2. The predicted octanol–water partition coefficient (Wildman–Crippen LogP) is 4.13. The molecule has 0 spiro atoms. The first-order valence-corrected chi connectivity index (χ1v) is 6.44. The Hall–Kier alpha value is -2.97. The van der Waals surface area contributed by atoms with Crippen LogP contribution in [0.5, 0.6) is 17.6 Å². The minimum Gasteiger partial charge on any atom is -0.467 e. The molecule has 1 heterocycles. The van der Waals surface area contributed by atoms with Crippen molar-refractivity contribution in [2.45, 2.75) is 0 Å². The summed E-state index contributed by atoms with van der Waals surface area (Å²) < 4.78 is 76.8. The van der Waals surface area contributed by atoms with Gasteiger partial charge in [-0.15, -0.1) is 0 Å². The first-order valence-electron chi connectivity index (χ1n) is 6.44. The zero-order chi connectivity index (χ0) is 17.4. The van der Waals surface area contributed by atoms with Crippen LogP contribution in [0, 0.1) is 29.1 Å². The van der Waals surface area contributed by atoms with Gasteiger partial charge in [0.1, 0.15) is 0 Å². The monoisotopic (exact) mass is 342 g/mol. The third kappa shape index (κ3) is 2.47. The Bertz CT molecular complexity index is 920. The maximum absolute atomic E-state index is 13.8. The third-order valence-corrected chi connectivity index (χ3v) is 3.10. The van der Waals surface area contributed by atoms with Crippen molar-refractivity contribution < 1.29 is 31.4 Å². The van der Waals surface area contributed by atoms with E-state index in [-0.39, 0.29) is 11.4 Å². The van der Waals surface area contributed by atoms with Crippen molar-refractivity contribution in [2.24, 2.45) is 0 Å². The number of ether oxygens (including phenoxy) is 2. The molecule has 0 aliphatic heterocycles. The fourth-order valence-electron chi connectivity index (χ4n) is 1.97. The van der Waals surface area contributed by atoms with Crippen LogP contribution < -0.4 is 9.47 Å². The Morgan fingerprint density at radius 1 is 0.792 bits per heavy atom. The predicted molar refractivity (Wildman–Crippen MR) is 72.4 cm³/mol. The number of fused-ring (bicyclic) bond motifs is 1. The van der Waals surface area contributed by atoms with Gasteiger partial charge in [-0.25, -0.2) is 13.2 Å². The molecule has 0 fully saturated rings. The molecular weight excluding hydrogens is 335 g/mol. The van der Waals surface area contributed by atoms with Gasteiger partial charge in [-0.2, -0.15) is 18.7 Å². The molecule has 0 atom stereocenters. The second kappa shape index (κ2) is 5.91. The number of rotatable bonds is 3. The molecule has 0 radical (unpaired) electrons.